The summed E-state index contributed by atoms with van der Waals surface area (Å²) in [5, 5.41) is 6.55. The van der Waals surface area contributed by atoms with E-state index in [1.54, 1.807) is 6.07 Å². The van der Waals surface area contributed by atoms with Gasteiger partial charge < -0.3 is 9.84 Å². The van der Waals surface area contributed by atoms with Crippen molar-refractivity contribution < 1.29 is 9.32 Å². The zero-order chi connectivity index (χ0) is 13.1. The molecule has 0 unspecified atom stereocenters. The summed E-state index contributed by atoms with van der Waals surface area (Å²) >= 11 is 5.53. The summed E-state index contributed by atoms with van der Waals surface area (Å²) in [7, 11) is 0. The normalized spacial score (nSPS) is 10.4. The molecule has 0 atom stereocenters. The number of halogens is 2. The maximum absolute atomic E-state index is 12.0. The number of carbonyl (C=O) groups is 1. The highest BCUT2D eigenvalue weighted by atomic mass is 127. The van der Waals surface area contributed by atoms with Gasteiger partial charge in [0.25, 0.3) is 5.91 Å². The molecule has 0 aliphatic heterocycles. The van der Waals surface area contributed by atoms with Crippen molar-refractivity contribution in [2.75, 3.05) is 0 Å². The van der Waals surface area contributed by atoms with Gasteiger partial charge >= 0.3 is 0 Å². The van der Waals surface area contributed by atoms with Gasteiger partial charge in [-0.3, -0.25) is 4.79 Å². The van der Waals surface area contributed by atoms with Crippen LogP contribution in [-0.4, -0.2) is 11.1 Å². The molecule has 2 rings (SSSR count). The van der Waals surface area contributed by atoms with Crippen LogP contribution in [-0.2, 0) is 6.54 Å². The van der Waals surface area contributed by atoms with Gasteiger partial charge in [-0.2, -0.15) is 0 Å². The summed E-state index contributed by atoms with van der Waals surface area (Å²) in [5.74, 6) is 0.497. The summed E-state index contributed by atoms with van der Waals surface area (Å²) in [6.45, 7) is 2.17. The molecule has 0 spiro atoms. The Morgan fingerprint density at radius 3 is 2.94 bits per heavy atom. The lowest BCUT2D eigenvalue weighted by Crippen LogP contribution is -2.23. The van der Waals surface area contributed by atoms with E-state index in [1.807, 2.05) is 25.1 Å². The summed E-state index contributed by atoms with van der Waals surface area (Å²) in [6, 6.07) is 7.41. The minimum Gasteiger partial charge on any atom is -0.359 e. The van der Waals surface area contributed by atoms with Gasteiger partial charge in [0.1, 0.15) is 0 Å². The largest absolute Gasteiger partial charge is 0.359 e. The number of nitrogens with zero attached hydrogens (tertiary/aromatic N) is 1. The monoisotopic (exact) mass is 420 g/mol. The van der Waals surface area contributed by atoms with Gasteiger partial charge in [-0.1, -0.05) is 5.16 Å². The lowest BCUT2D eigenvalue weighted by molar-refractivity contribution is 0.0946. The molecule has 0 aliphatic rings. The van der Waals surface area contributed by atoms with Crippen molar-refractivity contribution in [1.29, 1.82) is 0 Å². The van der Waals surface area contributed by atoms with E-state index in [-0.39, 0.29) is 5.91 Å². The van der Waals surface area contributed by atoms with E-state index in [4.69, 9.17) is 4.52 Å². The number of nitrogens with one attached hydrogen (secondary N) is 1. The SMILES string of the molecule is Cc1cc(CNC(=O)c2cc(I)ccc2Br)on1. The Bertz CT molecular complexity index is 583. The third-order valence-electron chi connectivity index (χ3n) is 2.27. The van der Waals surface area contributed by atoms with Gasteiger partial charge in [-0.25, -0.2) is 0 Å². The van der Waals surface area contributed by atoms with Crippen molar-refractivity contribution in [1.82, 2.24) is 10.5 Å². The Balaban J connectivity index is 2.05. The predicted octanol–water partition coefficient (Wildman–Crippen LogP) is 3.28. The zero-order valence-electron chi connectivity index (χ0n) is 9.54. The minimum atomic E-state index is -0.144. The van der Waals surface area contributed by atoms with Crippen LogP contribution in [0.2, 0.25) is 0 Å². The van der Waals surface area contributed by atoms with Crippen LogP contribution in [0.4, 0.5) is 0 Å². The van der Waals surface area contributed by atoms with E-state index in [1.165, 1.54) is 0 Å². The number of rotatable bonds is 3. The molecule has 0 saturated carbocycles. The van der Waals surface area contributed by atoms with Crippen LogP contribution < -0.4 is 5.32 Å². The van der Waals surface area contributed by atoms with Crippen molar-refractivity contribution in [3.63, 3.8) is 0 Å². The van der Waals surface area contributed by atoms with E-state index in [0.29, 0.717) is 17.9 Å². The Labute approximate surface area is 126 Å². The summed E-state index contributed by atoms with van der Waals surface area (Å²) < 4.78 is 6.81. The first-order chi connectivity index (χ1) is 8.56. The molecule has 1 heterocycles. The molecule has 4 nitrogen and oxygen atoms in total. The van der Waals surface area contributed by atoms with Gasteiger partial charge in [0.15, 0.2) is 5.76 Å². The Kier molecular flexibility index (Phi) is 4.39. The van der Waals surface area contributed by atoms with Crippen LogP contribution in [0.1, 0.15) is 21.8 Å². The molecule has 6 heteroatoms. The Hall–Kier alpha value is -0.890. The third-order valence-corrected chi connectivity index (χ3v) is 3.64. The Morgan fingerprint density at radius 2 is 2.28 bits per heavy atom. The van der Waals surface area contributed by atoms with Crippen molar-refractivity contribution in [2.24, 2.45) is 0 Å². The number of amides is 1. The van der Waals surface area contributed by atoms with Gasteiger partial charge in [-0.05, 0) is 63.6 Å². The fraction of sp³-hybridized carbons (Fsp3) is 0.167. The number of aryl methyl sites for hydroxylation is 1. The molecule has 1 aromatic carbocycles. The van der Waals surface area contributed by atoms with Crippen LogP contribution in [0.25, 0.3) is 0 Å². The zero-order valence-corrected chi connectivity index (χ0v) is 13.3. The number of benzene rings is 1. The number of aromatic nitrogens is 1. The highest BCUT2D eigenvalue weighted by Crippen LogP contribution is 2.19. The van der Waals surface area contributed by atoms with Gasteiger partial charge in [0.2, 0.25) is 0 Å². The van der Waals surface area contributed by atoms with Crippen LogP contribution in [0.3, 0.4) is 0 Å². The van der Waals surface area contributed by atoms with Crippen LogP contribution in [0.15, 0.2) is 33.3 Å². The minimum absolute atomic E-state index is 0.144. The smallest absolute Gasteiger partial charge is 0.252 e. The van der Waals surface area contributed by atoms with Gasteiger partial charge in [0.05, 0.1) is 17.8 Å². The first-order valence-corrected chi connectivity index (χ1v) is 7.09. The molecule has 2 aromatic rings. The maximum atomic E-state index is 12.0. The van der Waals surface area contributed by atoms with E-state index >= 15 is 0 Å². The second kappa shape index (κ2) is 5.83. The quantitative estimate of drug-likeness (QED) is 0.775. The van der Waals surface area contributed by atoms with Gasteiger partial charge in [-0.15, -0.1) is 0 Å². The van der Waals surface area contributed by atoms with Crippen LogP contribution in [0, 0.1) is 10.5 Å². The van der Waals surface area contributed by atoms with E-state index in [2.05, 4.69) is 49.0 Å². The Morgan fingerprint density at radius 1 is 1.50 bits per heavy atom. The van der Waals surface area contributed by atoms with E-state index in [9.17, 15) is 4.79 Å². The van der Waals surface area contributed by atoms with Crippen LogP contribution >= 0.6 is 38.5 Å². The molecule has 1 amide bonds. The molecule has 0 saturated heterocycles. The molecular formula is C12H10BrIN2O2. The molecule has 1 N–H and O–H groups in total. The van der Waals surface area contributed by atoms with Crippen molar-refractivity contribution in [3.05, 3.63) is 49.3 Å². The third kappa shape index (κ3) is 3.32. The lowest BCUT2D eigenvalue weighted by atomic mass is 10.2. The number of hydrogen-bond donors (Lipinski definition) is 1. The standard InChI is InChI=1S/C12H10BrIN2O2/c1-7-4-9(18-16-7)6-15-12(17)10-5-8(14)2-3-11(10)13/h2-5H,6H2,1H3,(H,15,17). The predicted molar refractivity (Wildman–Crippen MR) is 79.3 cm³/mol. The second-order valence-electron chi connectivity index (χ2n) is 3.74. The van der Waals surface area contributed by atoms with Crippen molar-refractivity contribution in [3.8, 4) is 0 Å². The average Bonchev–Trinajstić information content (AvgIpc) is 2.75. The van der Waals surface area contributed by atoms with Gasteiger partial charge in [0, 0.05) is 14.1 Å². The molecule has 0 aliphatic carbocycles. The van der Waals surface area contributed by atoms with Crippen LogP contribution in [0.5, 0.6) is 0 Å². The molecule has 1 aromatic heterocycles. The van der Waals surface area contributed by atoms with Crippen molar-refractivity contribution in [2.45, 2.75) is 13.5 Å². The van der Waals surface area contributed by atoms with E-state index in [0.717, 1.165) is 13.7 Å². The lowest BCUT2D eigenvalue weighted by Gasteiger charge is -2.05. The number of hydrogen-bond acceptors (Lipinski definition) is 3. The molecule has 0 fully saturated rings. The molecular weight excluding hydrogens is 411 g/mol. The molecule has 94 valence electrons. The first-order valence-electron chi connectivity index (χ1n) is 5.21. The van der Waals surface area contributed by atoms with Crippen molar-refractivity contribution >= 4 is 44.4 Å². The fourth-order valence-electron chi connectivity index (χ4n) is 1.43. The highest BCUT2D eigenvalue weighted by Gasteiger charge is 2.11. The summed E-state index contributed by atoms with van der Waals surface area (Å²) in [4.78, 5) is 12.0. The van der Waals surface area contributed by atoms with E-state index < -0.39 is 0 Å². The fourth-order valence-corrected chi connectivity index (χ4v) is 2.35. The maximum Gasteiger partial charge on any atom is 0.252 e. The topological polar surface area (TPSA) is 55.1 Å². The number of carbonyl (C=O) groups excluding carboxylic acids is 1. The molecule has 0 bridgehead atoms. The summed E-state index contributed by atoms with van der Waals surface area (Å²) in [5.41, 5.74) is 1.41. The molecule has 0 radical (unpaired) electrons. The second-order valence-corrected chi connectivity index (χ2v) is 5.84. The summed E-state index contributed by atoms with van der Waals surface area (Å²) in [6.07, 6.45) is 0. The first kappa shape index (κ1) is 13.5. The molecule has 18 heavy (non-hydrogen) atoms. The highest BCUT2D eigenvalue weighted by molar-refractivity contribution is 14.1. The average molecular weight is 421 g/mol.